The standard InChI is InChI=1S/C18H30.6Na.6H/c1-2-3-4-5-6-7-8-9-10-12-15-18-16-13-11-14-17-18;;;;;;;;;;;;/h11,13-14,16-17H,2-10,12,15H2,1H3;;;;;;;;;;;;/q;6*+1;6*-1. The van der Waals surface area contributed by atoms with Crippen LogP contribution >= 0.6 is 0 Å². The van der Waals surface area contributed by atoms with E-state index in [1.54, 1.807) is 0 Å². The third-order valence-electron chi connectivity index (χ3n) is 3.66. The maximum atomic E-state index is 2.28. The van der Waals surface area contributed by atoms with Crippen LogP contribution in [0.4, 0.5) is 0 Å². The Morgan fingerprint density at radius 2 is 0.917 bits per heavy atom. The molecule has 0 nitrogen and oxygen atoms in total. The minimum Gasteiger partial charge on any atom is -1.00 e. The van der Waals surface area contributed by atoms with Gasteiger partial charge in [-0.2, -0.15) is 0 Å². The number of hydrogen-bond donors (Lipinski definition) is 0. The molecule has 0 radical (unpaired) electrons. The van der Waals surface area contributed by atoms with Crippen molar-refractivity contribution in [3.63, 3.8) is 0 Å². The molecular formula is C18H36Na6. The molecule has 114 valence electrons. The fourth-order valence-corrected chi connectivity index (χ4v) is 2.46. The third-order valence-corrected chi connectivity index (χ3v) is 3.66. The molecule has 0 unspecified atom stereocenters. The van der Waals surface area contributed by atoms with Crippen molar-refractivity contribution in [3.05, 3.63) is 35.9 Å². The summed E-state index contributed by atoms with van der Waals surface area (Å²) in [4.78, 5) is 0. The summed E-state index contributed by atoms with van der Waals surface area (Å²) >= 11 is 0. The minimum absolute atomic E-state index is 0. The molecule has 0 saturated carbocycles. The summed E-state index contributed by atoms with van der Waals surface area (Å²) in [6, 6.07) is 10.9. The van der Waals surface area contributed by atoms with Crippen LogP contribution < -0.4 is 177 Å². The van der Waals surface area contributed by atoms with Crippen molar-refractivity contribution in [1.82, 2.24) is 0 Å². The first-order chi connectivity index (χ1) is 8.93. The van der Waals surface area contributed by atoms with E-state index in [2.05, 4.69) is 37.3 Å². The number of aryl methyl sites for hydroxylation is 1. The molecule has 0 aromatic heterocycles. The van der Waals surface area contributed by atoms with E-state index in [9.17, 15) is 0 Å². The number of rotatable bonds is 11. The van der Waals surface area contributed by atoms with Gasteiger partial charge in [0, 0.05) is 0 Å². The van der Waals surface area contributed by atoms with Crippen molar-refractivity contribution in [1.29, 1.82) is 0 Å². The van der Waals surface area contributed by atoms with Gasteiger partial charge in [-0.1, -0.05) is 95.0 Å². The fourth-order valence-electron chi connectivity index (χ4n) is 2.46. The average molecular weight is 390 g/mol. The molecular weight excluding hydrogens is 354 g/mol. The minimum atomic E-state index is 0. The summed E-state index contributed by atoms with van der Waals surface area (Å²) in [5.41, 5.74) is 1.50. The van der Waals surface area contributed by atoms with E-state index in [1.165, 1.54) is 76.2 Å². The van der Waals surface area contributed by atoms with Gasteiger partial charge >= 0.3 is 177 Å². The van der Waals surface area contributed by atoms with Crippen molar-refractivity contribution >= 4 is 0 Å². The van der Waals surface area contributed by atoms with Gasteiger partial charge in [0.05, 0.1) is 0 Å². The Bertz CT molecular complexity index is 304. The fraction of sp³-hybridized carbons (Fsp3) is 0.667. The first-order valence-electron chi connectivity index (χ1n) is 7.97. The Hall–Kier alpha value is 5.22. The smallest absolute Gasteiger partial charge is 1.00 e. The SMILES string of the molecule is CCCCCCCCCCCCc1ccccc1.[H-].[H-].[H-].[H-].[H-].[H-].[Na+].[Na+].[Na+].[Na+].[Na+].[Na+]. The normalized spacial score (nSPS) is 8.04. The zero-order valence-corrected chi connectivity index (χ0v) is 30.2. The number of hydrogen-bond acceptors (Lipinski definition) is 0. The molecule has 0 heterocycles. The molecule has 1 aromatic rings. The van der Waals surface area contributed by atoms with E-state index >= 15 is 0 Å². The van der Waals surface area contributed by atoms with Gasteiger partial charge < -0.3 is 8.56 Å². The van der Waals surface area contributed by atoms with Crippen LogP contribution in [0.2, 0.25) is 0 Å². The molecule has 0 saturated heterocycles. The summed E-state index contributed by atoms with van der Waals surface area (Å²) in [7, 11) is 0. The van der Waals surface area contributed by atoms with Crippen LogP contribution in [0.15, 0.2) is 30.3 Å². The van der Waals surface area contributed by atoms with Crippen LogP contribution in [0, 0.1) is 0 Å². The molecule has 0 aliphatic heterocycles. The third kappa shape index (κ3) is 29.4. The van der Waals surface area contributed by atoms with Crippen LogP contribution in [0.3, 0.4) is 0 Å². The number of unbranched alkanes of at least 4 members (excludes halogenated alkanes) is 9. The second kappa shape index (κ2) is 35.6. The Balaban J connectivity index is -0.0000000270. The Labute approximate surface area is 293 Å². The van der Waals surface area contributed by atoms with Crippen LogP contribution in [0.25, 0.3) is 0 Å². The Morgan fingerprint density at radius 1 is 0.542 bits per heavy atom. The Kier molecular flexibility index (Phi) is 64.1. The molecule has 0 fully saturated rings. The van der Waals surface area contributed by atoms with E-state index in [4.69, 9.17) is 0 Å². The van der Waals surface area contributed by atoms with E-state index in [0.29, 0.717) is 0 Å². The summed E-state index contributed by atoms with van der Waals surface area (Å²) in [5.74, 6) is 0. The van der Waals surface area contributed by atoms with Crippen molar-refractivity contribution in [2.24, 2.45) is 0 Å². The maximum absolute atomic E-state index is 2.28. The van der Waals surface area contributed by atoms with Crippen LogP contribution in [-0.4, -0.2) is 0 Å². The van der Waals surface area contributed by atoms with Gasteiger partial charge in [0.15, 0.2) is 0 Å². The molecule has 0 aliphatic carbocycles. The van der Waals surface area contributed by atoms with Gasteiger partial charge in [-0.05, 0) is 18.4 Å². The molecule has 6 heteroatoms. The topological polar surface area (TPSA) is 0 Å². The average Bonchev–Trinajstić information content (AvgIpc) is 2.42. The van der Waals surface area contributed by atoms with Gasteiger partial charge in [-0.15, -0.1) is 0 Å². The second-order valence-corrected chi connectivity index (χ2v) is 5.42. The predicted molar refractivity (Wildman–Crippen MR) is 88.7 cm³/mol. The molecule has 0 N–H and O–H groups in total. The first-order valence-corrected chi connectivity index (χ1v) is 7.97. The molecule has 0 bridgehead atoms. The zero-order valence-electron chi connectivity index (χ0n) is 24.2. The largest absolute Gasteiger partial charge is 1.00 e. The van der Waals surface area contributed by atoms with E-state index < -0.39 is 0 Å². The maximum Gasteiger partial charge on any atom is 1.00 e. The number of benzene rings is 1. The monoisotopic (exact) mass is 390 g/mol. The van der Waals surface area contributed by atoms with Gasteiger partial charge in [0.25, 0.3) is 0 Å². The molecule has 0 spiro atoms. The van der Waals surface area contributed by atoms with Crippen molar-refractivity contribution in [3.8, 4) is 0 Å². The first kappa shape index (κ1) is 43.2. The zero-order chi connectivity index (χ0) is 12.9. The molecule has 0 amide bonds. The Morgan fingerprint density at radius 3 is 1.33 bits per heavy atom. The van der Waals surface area contributed by atoms with Crippen LogP contribution in [-0.2, 0) is 6.42 Å². The quantitative estimate of drug-likeness (QED) is 0.260. The summed E-state index contributed by atoms with van der Waals surface area (Å²) in [5, 5.41) is 0. The van der Waals surface area contributed by atoms with Crippen molar-refractivity contribution in [2.75, 3.05) is 0 Å². The molecule has 0 aliphatic rings. The van der Waals surface area contributed by atoms with Gasteiger partial charge in [-0.3, -0.25) is 0 Å². The molecule has 1 rings (SSSR count). The summed E-state index contributed by atoms with van der Waals surface area (Å²) < 4.78 is 0. The van der Waals surface area contributed by atoms with Crippen molar-refractivity contribution < 1.29 is 186 Å². The van der Waals surface area contributed by atoms with Gasteiger partial charge in [-0.25, -0.2) is 0 Å². The van der Waals surface area contributed by atoms with Gasteiger partial charge in [0.1, 0.15) is 0 Å². The molecule has 1 aromatic carbocycles. The summed E-state index contributed by atoms with van der Waals surface area (Å²) in [6.45, 7) is 2.28. The van der Waals surface area contributed by atoms with Crippen LogP contribution in [0.1, 0.15) is 85.3 Å². The predicted octanol–water partition coefficient (Wildman–Crippen LogP) is -11.2. The van der Waals surface area contributed by atoms with E-state index in [0.717, 1.165) is 0 Å². The van der Waals surface area contributed by atoms with E-state index in [-0.39, 0.29) is 186 Å². The summed E-state index contributed by atoms with van der Waals surface area (Å²) in [6.07, 6.45) is 15.5. The van der Waals surface area contributed by atoms with Gasteiger partial charge in [0.2, 0.25) is 0 Å². The van der Waals surface area contributed by atoms with Crippen LogP contribution in [0.5, 0.6) is 0 Å². The molecule has 0 atom stereocenters. The molecule has 24 heavy (non-hydrogen) atoms. The second-order valence-electron chi connectivity index (χ2n) is 5.42. The van der Waals surface area contributed by atoms with Crippen molar-refractivity contribution in [2.45, 2.75) is 77.6 Å². The van der Waals surface area contributed by atoms with E-state index in [1.807, 2.05) is 0 Å².